The van der Waals surface area contributed by atoms with Gasteiger partial charge in [0.25, 0.3) is 0 Å². The van der Waals surface area contributed by atoms with E-state index in [1.807, 2.05) is 0 Å². The first-order valence-corrected chi connectivity index (χ1v) is 8.13. The molecule has 0 aromatic rings. The summed E-state index contributed by atoms with van der Waals surface area (Å²) < 4.78 is 0. The van der Waals surface area contributed by atoms with Crippen molar-refractivity contribution >= 4 is 0 Å². The van der Waals surface area contributed by atoms with Crippen molar-refractivity contribution in [2.24, 2.45) is 11.7 Å². The molecule has 1 aliphatic heterocycles. The predicted octanol–water partition coefficient (Wildman–Crippen LogP) is 2.54. The summed E-state index contributed by atoms with van der Waals surface area (Å²) in [5.74, 6) is 0.673. The van der Waals surface area contributed by atoms with Crippen LogP contribution in [0, 0.1) is 5.92 Å². The molecule has 0 aliphatic carbocycles. The van der Waals surface area contributed by atoms with Gasteiger partial charge in [-0.3, -0.25) is 4.90 Å². The molecule has 1 fully saturated rings. The Balaban J connectivity index is 2.02. The van der Waals surface area contributed by atoms with Crippen LogP contribution in [0.4, 0.5) is 0 Å². The van der Waals surface area contributed by atoms with Gasteiger partial charge in [0.15, 0.2) is 0 Å². The minimum Gasteiger partial charge on any atom is -0.328 e. The van der Waals surface area contributed by atoms with E-state index < -0.39 is 0 Å². The molecule has 0 spiro atoms. The van der Waals surface area contributed by atoms with Gasteiger partial charge in [0.2, 0.25) is 0 Å². The van der Waals surface area contributed by atoms with Crippen LogP contribution in [0.3, 0.4) is 0 Å². The average Bonchev–Trinajstić information content (AvgIpc) is 3.11. The molecule has 0 amide bonds. The van der Waals surface area contributed by atoms with Crippen LogP contribution in [0.15, 0.2) is 17.4 Å². The molecule has 3 unspecified atom stereocenters. The first-order chi connectivity index (χ1) is 9.52. The molecule has 0 aromatic carbocycles. The Kier molecular flexibility index (Phi) is 8.16. The maximum atomic E-state index is 6.07. The van der Waals surface area contributed by atoms with Crippen molar-refractivity contribution in [3.8, 4) is 0 Å². The Labute approximate surface area is 125 Å². The fraction of sp³-hybridized carbons (Fsp3) is 0.824. The molecular formula is C17H33N3. The highest BCUT2D eigenvalue weighted by Gasteiger charge is 2.30. The summed E-state index contributed by atoms with van der Waals surface area (Å²) in [5, 5.41) is 3.55. The molecule has 1 rings (SSSR count). The van der Waals surface area contributed by atoms with E-state index in [0.29, 0.717) is 18.0 Å². The zero-order valence-corrected chi connectivity index (χ0v) is 13.8. The molecule has 3 heteroatoms. The van der Waals surface area contributed by atoms with Crippen LogP contribution in [0.25, 0.3) is 0 Å². The van der Waals surface area contributed by atoms with Gasteiger partial charge in [-0.1, -0.05) is 20.3 Å². The summed E-state index contributed by atoms with van der Waals surface area (Å²) in [4.78, 5) is 2.47. The van der Waals surface area contributed by atoms with Crippen molar-refractivity contribution < 1.29 is 0 Å². The Morgan fingerprint density at radius 2 is 2.25 bits per heavy atom. The average molecular weight is 279 g/mol. The van der Waals surface area contributed by atoms with Crippen LogP contribution in [0.2, 0.25) is 0 Å². The van der Waals surface area contributed by atoms with E-state index in [0.717, 1.165) is 32.5 Å². The molecule has 20 heavy (non-hydrogen) atoms. The van der Waals surface area contributed by atoms with Gasteiger partial charge in [-0.15, -0.1) is 5.73 Å². The largest absolute Gasteiger partial charge is 0.328 e. The van der Waals surface area contributed by atoms with Crippen molar-refractivity contribution in [1.29, 1.82) is 0 Å². The number of rotatable bonds is 10. The van der Waals surface area contributed by atoms with E-state index >= 15 is 0 Å². The van der Waals surface area contributed by atoms with Crippen LogP contribution in [0.5, 0.6) is 0 Å². The third-order valence-electron chi connectivity index (χ3n) is 3.75. The normalized spacial score (nSPS) is 23.9. The summed E-state index contributed by atoms with van der Waals surface area (Å²) in [6.45, 7) is 13.2. The predicted molar refractivity (Wildman–Crippen MR) is 87.8 cm³/mol. The van der Waals surface area contributed by atoms with Gasteiger partial charge in [0.1, 0.15) is 0 Å². The quantitative estimate of drug-likeness (QED) is 0.367. The van der Waals surface area contributed by atoms with Crippen molar-refractivity contribution in [2.45, 2.75) is 59.0 Å². The number of nitrogens with zero attached hydrogens (tertiary/aromatic N) is 1. The van der Waals surface area contributed by atoms with E-state index in [4.69, 9.17) is 5.73 Å². The maximum Gasteiger partial charge on any atom is 0.0481 e. The maximum absolute atomic E-state index is 6.07. The third kappa shape index (κ3) is 7.86. The lowest BCUT2D eigenvalue weighted by molar-refractivity contribution is 0.408. The molecule has 116 valence electrons. The van der Waals surface area contributed by atoms with Gasteiger partial charge in [0, 0.05) is 31.7 Å². The van der Waals surface area contributed by atoms with Crippen molar-refractivity contribution in [2.75, 3.05) is 26.2 Å². The van der Waals surface area contributed by atoms with Crippen LogP contribution in [0.1, 0.15) is 47.0 Å². The fourth-order valence-corrected chi connectivity index (χ4v) is 2.53. The molecule has 4 atom stereocenters. The van der Waals surface area contributed by atoms with E-state index in [1.54, 1.807) is 0 Å². The van der Waals surface area contributed by atoms with Crippen LogP contribution >= 0.6 is 0 Å². The van der Waals surface area contributed by atoms with Crippen molar-refractivity contribution in [1.82, 2.24) is 10.2 Å². The molecular weight excluding hydrogens is 246 g/mol. The van der Waals surface area contributed by atoms with E-state index in [-0.39, 0.29) is 0 Å². The Morgan fingerprint density at radius 1 is 1.50 bits per heavy atom. The van der Waals surface area contributed by atoms with Crippen molar-refractivity contribution in [3.05, 3.63) is 17.4 Å². The monoisotopic (exact) mass is 279 g/mol. The molecule has 0 saturated carbocycles. The Bertz CT molecular complexity index is 327. The zero-order chi connectivity index (χ0) is 15.0. The smallest absolute Gasteiger partial charge is 0.0481 e. The van der Waals surface area contributed by atoms with Gasteiger partial charge < -0.3 is 11.1 Å². The lowest BCUT2D eigenvalue weighted by atomic mass is 9.99. The van der Waals surface area contributed by atoms with Gasteiger partial charge in [-0.25, -0.2) is 0 Å². The van der Waals surface area contributed by atoms with Crippen LogP contribution in [-0.2, 0) is 0 Å². The molecule has 0 bridgehead atoms. The minimum absolute atomic E-state index is 0.377. The summed E-state index contributed by atoms with van der Waals surface area (Å²) in [6, 6.07) is 1.00. The Hall–Kier alpha value is -0.600. The molecule has 3 N–H and O–H groups in total. The second kappa shape index (κ2) is 9.36. The minimum atomic E-state index is 0.377. The highest BCUT2D eigenvalue weighted by Crippen LogP contribution is 2.17. The summed E-state index contributed by atoms with van der Waals surface area (Å²) in [6.07, 6.45) is 5.67. The zero-order valence-electron chi connectivity index (χ0n) is 13.8. The highest BCUT2D eigenvalue weighted by atomic mass is 15.3. The van der Waals surface area contributed by atoms with E-state index in [2.05, 4.69) is 49.7 Å². The van der Waals surface area contributed by atoms with Gasteiger partial charge >= 0.3 is 0 Å². The lowest BCUT2D eigenvalue weighted by Gasteiger charge is -2.17. The molecule has 0 radical (unpaired) electrons. The van der Waals surface area contributed by atoms with Gasteiger partial charge in [-0.2, -0.15) is 0 Å². The molecule has 1 saturated heterocycles. The summed E-state index contributed by atoms with van der Waals surface area (Å²) in [7, 11) is 0. The summed E-state index contributed by atoms with van der Waals surface area (Å²) in [5.41, 5.74) is 10.6. The molecule has 1 aliphatic rings. The van der Waals surface area contributed by atoms with Gasteiger partial charge in [-0.05, 0) is 50.8 Å². The standard InChI is InChI=1S/C17H33N3/c1-5-6-16(18)11-15(4)12-19-9-10-20-13-17(20)8-7-14(2)3/h8,15-17,19H,5-6,9-13,18H2,1-4H3/t15-,16?,17?,20?/m0/s1. The van der Waals surface area contributed by atoms with E-state index in [9.17, 15) is 0 Å². The highest BCUT2D eigenvalue weighted by molar-refractivity contribution is 5.08. The molecule has 1 heterocycles. The van der Waals surface area contributed by atoms with Crippen LogP contribution in [-0.4, -0.2) is 43.2 Å². The number of hydrogen-bond acceptors (Lipinski definition) is 3. The first-order valence-electron chi connectivity index (χ1n) is 8.13. The number of hydrogen-bond donors (Lipinski definition) is 2. The molecule has 0 aromatic heterocycles. The number of nitrogens with two attached hydrogens (primary N) is 1. The van der Waals surface area contributed by atoms with Crippen LogP contribution < -0.4 is 11.1 Å². The summed E-state index contributed by atoms with van der Waals surface area (Å²) >= 11 is 0. The van der Waals surface area contributed by atoms with Crippen molar-refractivity contribution in [3.63, 3.8) is 0 Å². The fourth-order valence-electron chi connectivity index (χ4n) is 2.53. The third-order valence-corrected chi connectivity index (χ3v) is 3.75. The number of nitrogens with one attached hydrogen (secondary N) is 1. The molecule has 3 nitrogen and oxygen atoms in total. The Morgan fingerprint density at radius 3 is 2.90 bits per heavy atom. The second-order valence-electron chi connectivity index (χ2n) is 6.47. The lowest BCUT2D eigenvalue weighted by Crippen LogP contribution is -2.30. The topological polar surface area (TPSA) is 41.1 Å². The second-order valence-corrected chi connectivity index (χ2v) is 6.47. The SMILES string of the molecule is CCCC(N)C[C@H](C)CNCCN1CC1C=C=C(C)C. The first kappa shape index (κ1) is 17.5. The van der Waals surface area contributed by atoms with Gasteiger partial charge in [0.05, 0.1) is 0 Å². The van der Waals surface area contributed by atoms with E-state index in [1.165, 1.54) is 18.5 Å².